The topological polar surface area (TPSA) is 81.9 Å². The van der Waals surface area contributed by atoms with Crippen molar-refractivity contribution < 1.29 is 9.53 Å². The van der Waals surface area contributed by atoms with E-state index in [1.165, 1.54) is 16.0 Å². The molecule has 0 fully saturated rings. The van der Waals surface area contributed by atoms with Crippen LogP contribution in [0.2, 0.25) is 0 Å². The van der Waals surface area contributed by atoms with Crippen molar-refractivity contribution >= 4 is 22.4 Å². The lowest BCUT2D eigenvalue weighted by atomic mass is 10.2. The molecule has 2 aromatic heterocycles. The predicted octanol–water partition coefficient (Wildman–Crippen LogP) is 2.20. The zero-order valence-corrected chi connectivity index (χ0v) is 12.8. The Balaban J connectivity index is 1.76. The van der Waals surface area contributed by atoms with E-state index in [9.17, 15) is 4.79 Å². The van der Waals surface area contributed by atoms with Gasteiger partial charge in [0, 0.05) is 18.8 Å². The quantitative estimate of drug-likeness (QED) is 0.798. The van der Waals surface area contributed by atoms with Crippen LogP contribution in [0.15, 0.2) is 36.5 Å². The molecule has 1 aromatic carbocycles. The molecule has 0 saturated heterocycles. The number of amides is 1. The Morgan fingerprint density at radius 3 is 2.64 bits per heavy atom. The monoisotopic (exact) mass is 315 g/mol. The highest BCUT2D eigenvalue weighted by Crippen LogP contribution is 2.27. The van der Waals surface area contributed by atoms with Crippen molar-refractivity contribution in [1.29, 1.82) is 0 Å². The summed E-state index contributed by atoms with van der Waals surface area (Å²) in [6.07, 6.45) is 1.57. The molecule has 8 heteroatoms. The molecule has 0 bridgehead atoms. The summed E-state index contributed by atoms with van der Waals surface area (Å²) in [6.45, 7) is 0. The van der Waals surface area contributed by atoms with E-state index in [4.69, 9.17) is 4.74 Å². The Kier molecular flexibility index (Phi) is 3.84. The molecule has 0 aliphatic carbocycles. The maximum Gasteiger partial charge on any atom is 0.275 e. The van der Waals surface area contributed by atoms with E-state index in [0.29, 0.717) is 10.8 Å². The van der Waals surface area contributed by atoms with Crippen molar-refractivity contribution in [2.45, 2.75) is 0 Å². The molecule has 3 rings (SSSR count). The number of hydrogen-bond donors (Lipinski definition) is 1. The van der Waals surface area contributed by atoms with E-state index in [1.807, 2.05) is 24.3 Å². The van der Waals surface area contributed by atoms with Crippen LogP contribution < -0.4 is 10.1 Å². The third-order valence-corrected chi connectivity index (χ3v) is 3.92. The Hall–Kier alpha value is -2.74. The molecule has 22 heavy (non-hydrogen) atoms. The van der Waals surface area contributed by atoms with Crippen molar-refractivity contribution in [2.75, 3.05) is 12.4 Å². The molecule has 3 aromatic rings. The van der Waals surface area contributed by atoms with Crippen LogP contribution in [-0.2, 0) is 7.05 Å². The number of aromatic nitrogens is 4. The van der Waals surface area contributed by atoms with Crippen LogP contribution >= 0.6 is 11.3 Å². The third-order valence-electron chi connectivity index (χ3n) is 3.04. The van der Waals surface area contributed by atoms with Crippen molar-refractivity contribution in [1.82, 2.24) is 20.0 Å². The van der Waals surface area contributed by atoms with Crippen LogP contribution in [0.4, 0.5) is 5.13 Å². The van der Waals surface area contributed by atoms with Crippen molar-refractivity contribution in [2.24, 2.45) is 7.05 Å². The number of anilines is 1. The van der Waals surface area contributed by atoms with Gasteiger partial charge in [-0.25, -0.2) is 0 Å². The molecule has 7 nitrogen and oxygen atoms in total. The molecule has 2 heterocycles. The van der Waals surface area contributed by atoms with Crippen LogP contribution in [0.5, 0.6) is 5.75 Å². The number of methoxy groups -OCH3 is 1. The summed E-state index contributed by atoms with van der Waals surface area (Å²) in [5.41, 5.74) is 1.38. The molecule has 0 aliphatic rings. The van der Waals surface area contributed by atoms with Crippen LogP contribution in [0.3, 0.4) is 0 Å². The number of hydrogen-bond acceptors (Lipinski definition) is 6. The first-order chi connectivity index (χ1) is 10.7. The SMILES string of the molecule is COc1ccc(-c2nnc(NC(=O)c3ccnn3C)s2)cc1. The van der Waals surface area contributed by atoms with E-state index >= 15 is 0 Å². The van der Waals surface area contributed by atoms with Gasteiger partial charge in [0.25, 0.3) is 5.91 Å². The summed E-state index contributed by atoms with van der Waals surface area (Å²) in [5, 5.41) is 15.9. The lowest BCUT2D eigenvalue weighted by Crippen LogP contribution is -2.15. The molecule has 0 aliphatic heterocycles. The number of nitrogens with zero attached hydrogens (tertiary/aromatic N) is 4. The Morgan fingerprint density at radius 2 is 2.00 bits per heavy atom. The largest absolute Gasteiger partial charge is 0.497 e. The predicted molar refractivity (Wildman–Crippen MR) is 83.1 cm³/mol. The molecule has 112 valence electrons. The minimum Gasteiger partial charge on any atom is -0.497 e. The molecule has 0 unspecified atom stereocenters. The molecule has 0 saturated carbocycles. The average molecular weight is 315 g/mol. The zero-order chi connectivity index (χ0) is 15.5. The molecular formula is C14H13N5O2S. The van der Waals surface area contributed by atoms with Crippen molar-refractivity contribution in [3.05, 3.63) is 42.2 Å². The second kappa shape index (κ2) is 5.94. The summed E-state index contributed by atoms with van der Waals surface area (Å²) in [4.78, 5) is 12.1. The van der Waals surface area contributed by atoms with Gasteiger partial charge in [-0.3, -0.25) is 14.8 Å². The number of carbonyl (C=O) groups excluding carboxylic acids is 1. The highest BCUT2D eigenvalue weighted by molar-refractivity contribution is 7.18. The van der Waals surface area contributed by atoms with Crippen LogP contribution in [0.1, 0.15) is 10.5 Å². The lowest BCUT2D eigenvalue weighted by molar-refractivity contribution is 0.101. The second-order valence-corrected chi connectivity index (χ2v) is 5.41. The molecule has 0 atom stereocenters. The fraction of sp³-hybridized carbons (Fsp3) is 0.143. The number of benzene rings is 1. The number of aryl methyl sites for hydroxylation is 1. The highest BCUT2D eigenvalue weighted by Gasteiger charge is 2.13. The van der Waals surface area contributed by atoms with Crippen molar-refractivity contribution in [3.63, 3.8) is 0 Å². The summed E-state index contributed by atoms with van der Waals surface area (Å²) in [5.74, 6) is 0.510. The number of rotatable bonds is 4. The molecule has 0 spiro atoms. The third kappa shape index (κ3) is 2.82. The van der Waals surface area contributed by atoms with Gasteiger partial charge in [0.2, 0.25) is 5.13 Å². The van der Waals surface area contributed by atoms with Crippen molar-refractivity contribution in [3.8, 4) is 16.3 Å². The molecular weight excluding hydrogens is 302 g/mol. The maximum absolute atomic E-state index is 12.1. The van der Waals surface area contributed by atoms with Gasteiger partial charge in [-0.2, -0.15) is 5.10 Å². The van der Waals surface area contributed by atoms with Gasteiger partial charge in [-0.1, -0.05) is 11.3 Å². The number of carbonyl (C=O) groups is 1. The van der Waals surface area contributed by atoms with E-state index < -0.39 is 0 Å². The minimum absolute atomic E-state index is 0.266. The Bertz CT molecular complexity index is 794. The summed E-state index contributed by atoms with van der Waals surface area (Å²) in [6, 6.07) is 9.13. The lowest BCUT2D eigenvalue weighted by Gasteiger charge is -2.01. The smallest absolute Gasteiger partial charge is 0.275 e. The number of nitrogens with one attached hydrogen (secondary N) is 1. The van der Waals surface area contributed by atoms with Crippen LogP contribution in [0, 0.1) is 0 Å². The maximum atomic E-state index is 12.1. The summed E-state index contributed by atoms with van der Waals surface area (Å²) < 4.78 is 6.62. The molecule has 1 N–H and O–H groups in total. The summed E-state index contributed by atoms with van der Waals surface area (Å²) in [7, 11) is 3.32. The van der Waals surface area contributed by atoms with Gasteiger partial charge in [0.15, 0.2) is 0 Å². The van der Waals surface area contributed by atoms with Gasteiger partial charge in [0.1, 0.15) is 16.5 Å². The van der Waals surface area contributed by atoms with Gasteiger partial charge < -0.3 is 4.74 Å². The fourth-order valence-corrected chi connectivity index (χ4v) is 2.63. The minimum atomic E-state index is -0.266. The van der Waals surface area contributed by atoms with Crippen LogP contribution in [-0.4, -0.2) is 33.0 Å². The van der Waals surface area contributed by atoms with E-state index in [-0.39, 0.29) is 5.91 Å². The summed E-state index contributed by atoms with van der Waals surface area (Å²) >= 11 is 1.31. The normalized spacial score (nSPS) is 10.5. The van der Waals surface area contributed by atoms with Gasteiger partial charge in [-0.15, -0.1) is 10.2 Å². The zero-order valence-electron chi connectivity index (χ0n) is 12.0. The first-order valence-electron chi connectivity index (χ1n) is 6.44. The van der Waals surface area contributed by atoms with Gasteiger partial charge in [-0.05, 0) is 30.3 Å². The first-order valence-corrected chi connectivity index (χ1v) is 7.26. The molecule has 0 radical (unpaired) electrons. The Labute approximate surface area is 130 Å². The first kappa shape index (κ1) is 14.2. The van der Waals surface area contributed by atoms with E-state index in [2.05, 4.69) is 20.6 Å². The van der Waals surface area contributed by atoms with E-state index in [1.54, 1.807) is 26.4 Å². The Morgan fingerprint density at radius 1 is 1.23 bits per heavy atom. The van der Waals surface area contributed by atoms with E-state index in [0.717, 1.165) is 16.3 Å². The second-order valence-electron chi connectivity index (χ2n) is 4.44. The molecule has 1 amide bonds. The highest BCUT2D eigenvalue weighted by atomic mass is 32.1. The van der Waals surface area contributed by atoms with Crippen LogP contribution in [0.25, 0.3) is 10.6 Å². The average Bonchev–Trinajstić information content (AvgIpc) is 3.16. The number of ether oxygens (including phenoxy) is 1. The fourth-order valence-electron chi connectivity index (χ4n) is 1.88. The standard InChI is InChI=1S/C14H13N5O2S/c1-19-11(7-8-15-19)12(20)16-14-18-17-13(22-14)9-3-5-10(21-2)6-4-9/h3-8H,1-2H3,(H,16,18,20). The van der Waals surface area contributed by atoms with Gasteiger partial charge in [0.05, 0.1) is 7.11 Å². The van der Waals surface area contributed by atoms with Gasteiger partial charge >= 0.3 is 0 Å².